The summed E-state index contributed by atoms with van der Waals surface area (Å²) in [5.41, 5.74) is 6.16. The Morgan fingerprint density at radius 1 is 1.03 bits per heavy atom. The molecule has 2 heterocycles. The maximum absolute atomic E-state index is 10.3. The van der Waals surface area contributed by atoms with Crippen molar-refractivity contribution in [2.24, 2.45) is 4.99 Å². The summed E-state index contributed by atoms with van der Waals surface area (Å²) >= 11 is 1.55. The fraction of sp³-hybridized carbons (Fsp3) is 0.0435. The summed E-state index contributed by atoms with van der Waals surface area (Å²) in [5, 5.41) is 11.3. The second kappa shape index (κ2) is 7.41. The number of nitrogens with one attached hydrogen (secondary N) is 1. The summed E-state index contributed by atoms with van der Waals surface area (Å²) in [7, 11) is 0. The van der Waals surface area contributed by atoms with Gasteiger partial charge in [0.2, 0.25) is 0 Å². The van der Waals surface area contributed by atoms with Gasteiger partial charge in [-0.1, -0.05) is 30.3 Å². The van der Waals surface area contributed by atoms with Crippen LogP contribution >= 0.6 is 11.3 Å². The Hall–Kier alpha value is -3.64. The fourth-order valence-electron chi connectivity index (χ4n) is 3.25. The van der Waals surface area contributed by atoms with Crippen molar-refractivity contribution in [1.29, 1.82) is 0 Å². The highest BCUT2D eigenvalue weighted by Crippen LogP contribution is 2.34. The van der Waals surface area contributed by atoms with Crippen LogP contribution in [-0.4, -0.2) is 21.3 Å². The average molecular weight is 399 g/mol. The molecule has 0 fully saturated rings. The van der Waals surface area contributed by atoms with Gasteiger partial charge >= 0.3 is 0 Å². The zero-order valence-corrected chi connectivity index (χ0v) is 16.2. The number of aromatic hydroxyl groups is 1. The second-order valence-electron chi connectivity index (χ2n) is 6.60. The van der Waals surface area contributed by atoms with E-state index in [1.165, 1.54) is 0 Å². The molecule has 0 bridgehead atoms. The van der Waals surface area contributed by atoms with Crippen LogP contribution in [-0.2, 0) is 6.61 Å². The van der Waals surface area contributed by atoms with E-state index in [9.17, 15) is 5.11 Å². The average Bonchev–Trinajstić information content (AvgIpc) is 3.35. The molecule has 0 spiro atoms. The predicted molar refractivity (Wildman–Crippen MR) is 118 cm³/mol. The Labute approximate surface area is 171 Å². The van der Waals surface area contributed by atoms with Crippen molar-refractivity contribution in [3.8, 4) is 11.6 Å². The van der Waals surface area contributed by atoms with E-state index in [1.807, 2.05) is 72.2 Å². The fourth-order valence-corrected chi connectivity index (χ4v) is 4.10. The number of rotatable bonds is 5. The van der Waals surface area contributed by atoms with Crippen LogP contribution in [0, 0.1) is 0 Å². The van der Waals surface area contributed by atoms with E-state index in [0.717, 1.165) is 38.1 Å². The molecule has 5 nitrogen and oxygen atoms in total. The standard InChI is InChI=1S/C23H17N3O2S/c27-23-18(21-19(26-23)10-11-20-22(21)29-14-25-20)12-24-16-6-8-17(9-7-16)28-13-15-4-2-1-3-5-15/h1-12,14,26-27H,13H2. The maximum Gasteiger partial charge on any atom is 0.198 e. The predicted octanol–water partition coefficient (Wildman–Crippen LogP) is 5.81. The van der Waals surface area contributed by atoms with Crippen molar-refractivity contribution in [3.05, 3.63) is 83.4 Å². The second-order valence-corrected chi connectivity index (χ2v) is 7.46. The van der Waals surface area contributed by atoms with Crippen LogP contribution < -0.4 is 4.74 Å². The molecule has 5 aromatic rings. The molecule has 29 heavy (non-hydrogen) atoms. The summed E-state index contributed by atoms with van der Waals surface area (Å²) < 4.78 is 6.84. The molecule has 3 aromatic carbocycles. The van der Waals surface area contributed by atoms with Gasteiger partial charge in [-0.3, -0.25) is 4.99 Å². The van der Waals surface area contributed by atoms with Crippen LogP contribution in [0.2, 0.25) is 0 Å². The maximum atomic E-state index is 10.3. The largest absolute Gasteiger partial charge is 0.494 e. The first-order valence-corrected chi connectivity index (χ1v) is 10.0. The molecule has 0 amide bonds. The van der Waals surface area contributed by atoms with Crippen molar-refractivity contribution in [1.82, 2.24) is 9.97 Å². The van der Waals surface area contributed by atoms with Crippen LogP contribution in [0.3, 0.4) is 0 Å². The third-order valence-electron chi connectivity index (χ3n) is 4.70. The zero-order chi connectivity index (χ0) is 19.6. The number of thiazole rings is 1. The smallest absolute Gasteiger partial charge is 0.198 e. The number of H-pyrrole nitrogens is 1. The Bertz CT molecular complexity index is 1300. The normalized spacial score (nSPS) is 11.6. The zero-order valence-electron chi connectivity index (χ0n) is 15.4. The molecule has 0 unspecified atom stereocenters. The summed E-state index contributed by atoms with van der Waals surface area (Å²) in [6.07, 6.45) is 1.69. The highest BCUT2D eigenvalue weighted by molar-refractivity contribution is 7.17. The highest BCUT2D eigenvalue weighted by Gasteiger charge is 2.13. The number of hydrogen-bond acceptors (Lipinski definition) is 5. The van der Waals surface area contributed by atoms with E-state index >= 15 is 0 Å². The number of ether oxygens (including phenoxy) is 1. The number of nitrogens with zero attached hydrogens (tertiary/aromatic N) is 2. The number of aromatic amines is 1. The molecule has 142 valence electrons. The van der Waals surface area contributed by atoms with E-state index in [2.05, 4.69) is 15.0 Å². The summed E-state index contributed by atoms with van der Waals surface area (Å²) in [4.78, 5) is 11.9. The molecule has 5 rings (SSSR count). The lowest BCUT2D eigenvalue weighted by molar-refractivity contribution is 0.306. The van der Waals surface area contributed by atoms with Crippen molar-refractivity contribution >= 4 is 44.4 Å². The van der Waals surface area contributed by atoms with Gasteiger partial charge in [0.25, 0.3) is 0 Å². The van der Waals surface area contributed by atoms with Crippen LogP contribution in [0.1, 0.15) is 11.1 Å². The van der Waals surface area contributed by atoms with Gasteiger partial charge in [0.05, 0.1) is 32.5 Å². The third kappa shape index (κ3) is 3.46. The lowest BCUT2D eigenvalue weighted by atomic mass is 10.1. The van der Waals surface area contributed by atoms with Crippen molar-refractivity contribution in [2.45, 2.75) is 6.61 Å². The first kappa shape index (κ1) is 17.5. The monoisotopic (exact) mass is 399 g/mol. The van der Waals surface area contributed by atoms with Gasteiger partial charge in [0.15, 0.2) is 5.88 Å². The summed E-state index contributed by atoms with van der Waals surface area (Å²) in [6, 6.07) is 21.5. The molecular weight excluding hydrogens is 382 g/mol. The van der Waals surface area contributed by atoms with Crippen LogP contribution in [0.5, 0.6) is 11.6 Å². The Balaban J connectivity index is 1.38. The van der Waals surface area contributed by atoms with Gasteiger partial charge in [-0.25, -0.2) is 4.98 Å². The highest BCUT2D eigenvalue weighted by atomic mass is 32.1. The molecule has 0 saturated carbocycles. The van der Waals surface area contributed by atoms with E-state index in [4.69, 9.17) is 4.74 Å². The van der Waals surface area contributed by atoms with E-state index in [1.54, 1.807) is 17.6 Å². The van der Waals surface area contributed by atoms with Crippen LogP contribution in [0.15, 0.2) is 77.2 Å². The minimum atomic E-state index is 0.104. The van der Waals surface area contributed by atoms with Gasteiger partial charge in [0, 0.05) is 11.6 Å². The molecule has 2 N–H and O–H groups in total. The molecule has 2 aromatic heterocycles. The lowest BCUT2D eigenvalue weighted by Gasteiger charge is -2.06. The molecule has 0 saturated heterocycles. The Kier molecular flexibility index (Phi) is 4.46. The minimum Gasteiger partial charge on any atom is -0.494 e. The van der Waals surface area contributed by atoms with Gasteiger partial charge in [-0.2, -0.15) is 0 Å². The number of aliphatic imine (C=N–C) groups is 1. The van der Waals surface area contributed by atoms with E-state index in [0.29, 0.717) is 12.2 Å². The van der Waals surface area contributed by atoms with Crippen molar-refractivity contribution in [3.63, 3.8) is 0 Å². The number of aromatic nitrogens is 2. The van der Waals surface area contributed by atoms with Gasteiger partial charge in [-0.15, -0.1) is 11.3 Å². The topological polar surface area (TPSA) is 70.5 Å². The Morgan fingerprint density at radius 3 is 2.69 bits per heavy atom. The molecule has 0 atom stereocenters. The lowest BCUT2D eigenvalue weighted by Crippen LogP contribution is -1.94. The SMILES string of the molecule is Oc1[nH]c2ccc3ncsc3c2c1C=Nc1ccc(OCc2ccccc2)cc1. The number of benzene rings is 3. The molecule has 0 aliphatic carbocycles. The molecule has 0 aliphatic heterocycles. The first-order valence-electron chi connectivity index (χ1n) is 9.15. The molecule has 0 aliphatic rings. The minimum absolute atomic E-state index is 0.104. The van der Waals surface area contributed by atoms with Crippen LogP contribution in [0.25, 0.3) is 21.1 Å². The number of hydrogen-bond donors (Lipinski definition) is 2. The summed E-state index contributed by atoms with van der Waals surface area (Å²) in [5.74, 6) is 0.890. The van der Waals surface area contributed by atoms with Crippen LogP contribution in [0.4, 0.5) is 5.69 Å². The van der Waals surface area contributed by atoms with Gasteiger partial charge < -0.3 is 14.8 Å². The molecular formula is C23H17N3O2S. The van der Waals surface area contributed by atoms with Gasteiger partial charge in [0.1, 0.15) is 12.4 Å². The Morgan fingerprint density at radius 2 is 1.86 bits per heavy atom. The van der Waals surface area contributed by atoms with Gasteiger partial charge in [-0.05, 0) is 42.0 Å². The number of fused-ring (bicyclic) bond motifs is 3. The molecule has 0 radical (unpaired) electrons. The quantitative estimate of drug-likeness (QED) is 0.366. The van der Waals surface area contributed by atoms with E-state index in [-0.39, 0.29) is 5.88 Å². The van der Waals surface area contributed by atoms with Crippen molar-refractivity contribution in [2.75, 3.05) is 0 Å². The van der Waals surface area contributed by atoms with Crippen molar-refractivity contribution < 1.29 is 9.84 Å². The third-order valence-corrected chi connectivity index (χ3v) is 5.56. The molecule has 6 heteroatoms. The first-order chi connectivity index (χ1) is 14.3. The van der Waals surface area contributed by atoms with E-state index < -0.39 is 0 Å². The summed E-state index contributed by atoms with van der Waals surface area (Å²) in [6.45, 7) is 0.525.